The molecule has 2 N–H and O–H groups in total. The third kappa shape index (κ3) is 10.3. The zero-order valence-corrected chi connectivity index (χ0v) is 17.1. The van der Waals surface area contributed by atoms with Crippen LogP contribution in [0.4, 0.5) is 0 Å². The molecule has 7 heteroatoms. The summed E-state index contributed by atoms with van der Waals surface area (Å²) in [5.41, 5.74) is 0. The Morgan fingerprint density at radius 2 is 1.83 bits per heavy atom. The summed E-state index contributed by atoms with van der Waals surface area (Å²) >= 11 is 0. The number of nitrogens with one attached hydrogen (secondary N) is 2. The van der Waals surface area contributed by atoms with Gasteiger partial charge in [0.25, 0.3) is 0 Å². The van der Waals surface area contributed by atoms with Crippen molar-refractivity contribution >= 4 is 35.8 Å². The lowest BCUT2D eigenvalue weighted by molar-refractivity contribution is -0.127. The van der Waals surface area contributed by atoms with Crippen LogP contribution in [0, 0.1) is 0 Å². The van der Waals surface area contributed by atoms with Crippen LogP contribution < -0.4 is 15.4 Å². The SMILES string of the molecule is CCCNC(=NCC(=O)N(C)C)NCCCOc1ccccc1.I. The predicted molar refractivity (Wildman–Crippen MR) is 109 cm³/mol. The number of aliphatic imine (C=N–C) groups is 1. The van der Waals surface area contributed by atoms with Gasteiger partial charge in [-0.3, -0.25) is 4.79 Å². The van der Waals surface area contributed by atoms with Gasteiger partial charge in [0.2, 0.25) is 5.91 Å². The van der Waals surface area contributed by atoms with E-state index >= 15 is 0 Å². The van der Waals surface area contributed by atoms with Crippen molar-refractivity contribution < 1.29 is 9.53 Å². The Balaban J connectivity index is 0.00000529. The van der Waals surface area contributed by atoms with Crippen LogP contribution in [-0.4, -0.2) is 57.1 Å². The number of ether oxygens (including phenoxy) is 1. The molecule has 6 nitrogen and oxygen atoms in total. The molecular formula is C17H29IN4O2. The molecule has 0 saturated carbocycles. The summed E-state index contributed by atoms with van der Waals surface area (Å²) in [6.07, 6.45) is 1.85. The number of benzene rings is 1. The average molecular weight is 448 g/mol. The van der Waals surface area contributed by atoms with E-state index in [4.69, 9.17) is 4.74 Å². The van der Waals surface area contributed by atoms with Gasteiger partial charge < -0.3 is 20.3 Å². The highest BCUT2D eigenvalue weighted by atomic mass is 127. The van der Waals surface area contributed by atoms with Crippen molar-refractivity contribution in [1.29, 1.82) is 0 Å². The molecule has 0 fully saturated rings. The first-order valence-electron chi connectivity index (χ1n) is 8.03. The molecule has 1 rings (SSSR count). The highest BCUT2D eigenvalue weighted by Crippen LogP contribution is 2.07. The molecule has 0 radical (unpaired) electrons. The molecule has 1 aromatic rings. The molecule has 0 aliphatic carbocycles. The fourth-order valence-corrected chi connectivity index (χ4v) is 1.69. The van der Waals surface area contributed by atoms with Gasteiger partial charge in [-0.25, -0.2) is 4.99 Å². The Kier molecular flexibility index (Phi) is 13.0. The number of rotatable bonds is 9. The quantitative estimate of drug-likeness (QED) is 0.263. The third-order valence-electron chi connectivity index (χ3n) is 3.04. The van der Waals surface area contributed by atoms with E-state index in [1.165, 1.54) is 4.90 Å². The number of hydrogen-bond acceptors (Lipinski definition) is 3. The first kappa shape index (κ1) is 22.5. The Labute approximate surface area is 162 Å². The van der Waals surface area contributed by atoms with E-state index in [2.05, 4.69) is 22.5 Å². The minimum atomic E-state index is -0.0185. The van der Waals surface area contributed by atoms with Gasteiger partial charge in [0.05, 0.1) is 6.61 Å². The maximum Gasteiger partial charge on any atom is 0.243 e. The van der Waals surface area contributed by atoms with Gasteiger partial charge in [0.15, 0.2) is 5.96 Å². The summed E-state index contributed by atoms with van der Waals surface area (Å²) in [4.78, 5) is 17.4. The number of nitrogens with zero attached hydrogens (tertiary/aromatic N) is 2. The number of likely N-dealkylation sites (N-methyl/N-ethyl adjacent to an activating group) is 1. The van der Waals surface area contributed by atoms with Crippen LogP contribution in [0.2, 0.25) is 0 Å². The second-order valence-electron chi connectivity index (χ2n) is 5.32. The van der Waals surface area contributed by atoms with Crippen LogP contribution >= 0.6 is 24.0 Å². The second kappa shape index (κ2) is 13.9. The van der Waals surface area contributed by atoms with E-state index in [0.717, 1.165) is 31.7 Å². The van der Waals surface area contributed by atoms with Crippen LogP contribution in [0.15, 0.2) is 35.3 Å². The van der Waals surface area contributed by atoms with Crippen molar-refractivity contribution in [2.75, 3.05) is 40.3 Å². The highest BCUT2D eigenvalue weighted by Gasteiger charge is 2.04. The number of carbonyl (C=O) groups is 1. The van der Waals surface area contributed by atoms with Gasteiger partial charge in [-0.2, -0.15) is 0 Å². The van der Waals surface area contributed by atoms with E-state index in [-0.39, 0.29) is 36.4 Å². The van der Waals surface area contributed by atoms with Gasteiger partial charge in [-0.05, 0) is 25.0 Å². The Bertz CT molecular complexity index is 481. The van der Waals surface area contributed by atoms with Gasteiger partial charge in [-0.15, -0.1) is 24.0 Å². The number of guanidine groups is 1. The number of para-hydroxylation sites is 1. The van der Waals surface area contributed by atoms with Crippen LogP contribution in [-0.2, 0) is 4.79 Å². The molecule has 0 aromatic heterocycles. The topological polar surface area (TPSA) is 66.0 Å². The van der Waals surface area contributed by atoms with E-state index in [0.29, 0.717) is 12.6 Å². The summed E-state index contributed by atoms with van der Waals surface area (Å²) in [5.74, 6) is 1.53. The molecule has 1 amide bonds. The minimum Gasteiger partial charge on any atom is -0.494 e. The molecule has 1 aromatic carbocycles. The number of carbonyl (C=O) groups excluding carboxylic acids is 1. The zero-order chi connectivity index (χ0) is 16.9. The molecule has 0 saturated heterocycles. The predicted octanol–water partition coefficient (Wildman–Crippen LogP) is 2.11. The Hall–Kier alpha value is -1.51. The lowest BCUT2D eigenvalue weighted by Crippen LogP contribution is -2.39. The monoisotopic (exact) mass is 448 g/mol. The van der Waals surface area contributed by atoms with Crippen LogP contribution in [0.5, 0.6) is 5.75 Å². The van der Waals surface area contributed by atoms with Crippen LogP contribution in [0.1, 0.15) is 19.8 Å². The third-order valence-corrected chi connectivity index (χ3v) is 3.04. The lowest BCUT2D eigenvalue weighted by atomic mass is 10.3. The highest BCUT2D eigenvalue weighted by molar-refractivity contribution is 14.0. The summed E-state index contributed by atoms with van der Waals surface area (Å²) < 4.78 is 5.64. The minimum absolute atomic E-state index is 0. The molecule has 0 unspecified atom stereocenters. The number of amides is 1. The van der Waals surface area contributed by atoms with E-state index in [1.54, 1.807) is 14.1 Å². The number of hydrogen-bond donors (Lipinski definition) is 2. The summed E-state index contributed by atoms with van der Waals surface area (Å²) in [5, 5.41) is 6.42. The van der Waals surface area contributed by atoms with Crippen molar-refractivity contribution in [2.24, 2.45) is 4.99 Å². The molecular weight excluding hydrogens is 419 g/mol. The van der Waals surface area contributed by atoms with Crippen molar-refractivity contribution in [2.45, 2.75) is 19.8 Å². The fraction of sp³-hybridized carbons (Fsp3) is 0.529. The van der Waals surface area contributed by atoms with Crippen molar-refractivity contribution in [1.82, 2.24) is 15.5 Å². The first-order valence-corrected chi connectivity index (χ1v) is 8.03. The van der Waals surface area contributed by atoms with Gasteiger partial charge in [0.1, 0.15) is 12.3 Å². The standard InChI is InChI=1S/C17H28N4O2.HI/c1-4-11-18-17(20-14-16(22)21(2)3)19-12-8-13-23-15-9-6-5-7-10-15;/h5-7,9-10H,4,8,11-14H2,1-3H3,(H2,18,19,20);1H. The molecule has 136 valence electrons. The van der Waals surface area contributed by atoms with Crippen LogP contribution in [0.25, 0.3) is 0 Å². The smallest absolute Gasteiger partial charge is 0.243 e. The number of halogens is 1. The normalized spacial score (nSPS) is 10.5. The molecule has 0 bridgehead atoms. The van der Waals surface area contributed by atoms with Crippen molar-refractivity contribution in [3.8, 4) is 5.75 Å². The Morgan fingerprint density at radius 3 is 2.46 bits per heavy atom. The molecule has 24 heavy (non-hydrogen) atoms. The van der Waals surface area contributed by atoms with Gasteiger partial charge in [0, 0.05) is 27.2 Å². The molecule has 0 atom stereocenters. The summed E-state index contributed by atoms with van der Waals surface area (Å²) in [6, 6.07) is 9.75. The zero-order valence-electron chi connectivity index (χ0n) is 14.7. The van der Waals surface area contributed by atoms with Gasteiger partial charge in [-0.1, -0.05) is 25.1 Å². The maximum absolute atomic E-state index is 11.6. The summed E-state index contributed by atoms with van der Waals surface area (Å²) in [6.45, 7) is 4.42. The molecule has 0 spiro atoms. The van der Waals surface area contributed by atoms with E-state index < -0.39 is 0 Å². The maximum atomic E-state index is 11.6. The first-order chi connectivity index (χ1) is 11.1. The fourth-order valence-electron chi connectivity index (χ4n) is 1.69. The second-order valence-corrected chi connectivity index (χ2v) is 5.32. The molecule has 0 aliphatic heterocycles. The van der Waals surface area contributed by atoms with E-state index in [9.17, 15) is 4.79 Å². The molecule has 0 aliphatic rings. The van der Waals surface area contributed by atoms with Crippen LogP contribution in [0.3, 0.4) is 0 Å². The van der Waals surface area contributed by atoms with Crippen molar-refractivity contribution in [3.63, 3.8) is 0 Å². The molecule has 0 heterocycles. The largest absolute Gasteiger partial charge is 0.494 e. The summed E-state index contributed by atoms with van der Waals surface area (Å²) in [7, 11) is 3.46. The Morgan fingerprint density at radius 1 is 1.17 bits per heavy atom. The van der Waals surface area contributed by atoms with Gasteiger partial charge >= 0.3 is 0 Å². The lowest BCUT2D eigenvalue weighted by Gasteiger charge is -2.13. The van der Waals surface area contributed by atoms with Crippen molar-refractivity contribution in [3.05, 3.63) is 30.3 Å². The van der Waals surface area contributed by atoms with E-state index in [1.807, 2.05) is 30.3 Å². The average Bonchev–Trinajstić information content (AvgIpc) is 2.56.